The Balaban J connectivity index is 2.73. The van der Waals surface area contributed by atoms with Gasteiger partial charge >= 0.3 is 6.61 Å². The minimum absolute atomic E-state index is 0.0663. The van der Waals surface area contributed by atoms with Gasteiger partial charge in [-0.2, -0.15) is 8.78 Å². The summed E-state index contributed by atoms with van der Waals surface area (Å²) in [4.78, 5) is 9.89. The number of halogens is 2. The van der Waals surface area contributed by atoms with E-state index in [0.717, 1.165) is 0 Å². The fraction of sp³-hybridized carbons (Fsp3) is 0.100. The number of ether oxygens (including phenoxy) is 1. The molecule has 0 aliphatic carbocycles. The highest BCUT2D eigenvalue weighted by molar-refractivity contribution is 5.73. The number of hydrogen-bond donors (Lipinski definition) is 0. The van der Waals surface area contributed by atoms with E-state index in [1.165, 1.54) is 24.3 Å². The van der Waals surface area contributed by atoms with E-state index in [-0.39, 0.29) is 5.75 Å². The number of carbonyl (C=O) groups is 1. The van der Waals surface area contributed by atoms with Crippen molar-refractivity contribution < 1.29 is 18.3 Å². The summed E-state index contributed by atoms with van der Waals surface area (Å²) in [7, 11) is 0. The first-order valence-electron chi connectivity index (χ1n) is 3.72. The van der Waals surface area contributed by atoms with Crippen LogP contribution >= 0.6 is 0 Å². The number of rotatable bonds is 2. The van der Waals surface area contributed by atoms with Gasteiger partial charge < -0.3 is 4.74 Å². The Morgan fingerprint density at radius 1 is 1.29 bits per heavy atom. The number of aldehydes is 1. The van der Waals surface area contributed by atoms with E-state index in [1.807, 2.05) is 0 Å². The Hall–Kier alpha value is -1.89. The summed E-state index contributed by atoms with van der Waals surface area (Å²) in [6.07, 6.45) is 0.462. The zero-order valence-corrected chi connectivity index (χ0v) is 7.04. The third-order valence-corrected chi connectivity index (χ3v) is 1.35. The SMILES string of the molecule is O=CC#Cc1ccc(OC(F)F)cc1. The molecule has 0 atom stereocenters. The molecule has 0 heterocycles. The summed E-state index contributed by atoms with van der Waals surface area (Å²) < 4.78 is 27.6. The van der Waals surface area contributed by atoms with Crippen molar-refractivity contribution in [3.8, 4) is 17.6 Å². The fourth-order valence-corrected chi connectivity index (χ4v) is 0.833. The molecular weight excluding hydrogens is 190 g/mol. The molecule has 0 aliphatic heterocycles. The molecule has 0 amide bonds. The zero-order valence-electron chi connectivity index (χ0n) is 7.04. The van der Waals surface area contributed by atoms with Crippen LogP contribution in [0.2, 0.25) is 0 Å². The van der Waals surface area contributed by atoms with Gasteiger partial charge in [-0.3, -0.25) is 4.79 Å². The highest BCUT2D eigenvalue weighted by Gasteiger charge is 2.02. The molecule has 4 heteroatoms. The van der Waals surface area contributed by atoms with Crippen molar-refractivity contribution in [2.24, 2.45) is 0 Å². The number of alkyl halides is 2. The Morgan fingerprint density at radius 3 is 2.43 bits per heavy atom. The summed E-state index contributed by atoms with van der Waals surface area (Å²) in [5.41, 5.74) is 0.568. The molecule has 0 N–H and O–H groups in total. The smallest absolute Gasteiger partial charge is 0.387 e. The van der Waals surface area contributed by atoms with Crippen molar-refractivity contribution in [1.82, 2.24) is 0 Å². The standard InChI is InChI=1S/C10H6F2O2/c11-10(12)14-9-5-3-8(4-6-9)2-1-7-13/h3-7,10H. The molecule has 0 radical (unpaired) electrons. The molecule has 0 spiro atoms. The molecule has 1 aromatic carbocycles. The largest absolute Gasteiger partial charge is 0.435 e. The van der Waals surface area contributed by atoms with Crippen LogP contribution in [0.4, 0.5) is 8.78 Å². The number of benzene rings is 1. The first-order valence-corrected chi connectivity index (χ1v) is 3.72. The first-order chi connectivity index (χ1) is 6.72. The fourth-order valence-electron chi connectivity index (χ4n) is 0.833. The van der Waals surface area contributed by atoms with E-state index in [9.17, 15) is 13.6 Å². The maximum atomic E-state index is 11.7. The zero-order chi connectivity index (χ0) is 10.4. The Labute approximate surface area is 79.5 Å². The molecule has 2 nitrogen and oxygen atoms in total. The Bertz CT molecular complexity index is 360. The summed E-state index contributed by atoms with van der Waals surface area (Å²) in [5, 5.41) is 0. The van der Waals surface area contributed by atoms with Crippen LogP contribution in [0.3, 0.4) is 0 Å². The van der Waals surface area contributed by atoms with E-state index in [2.05, 4.69) is 16.6 Å². The monoisotopic (exact) mass is 196 g/mol. The van der Waals surface area contributed by atoms with Gasteiger partial charge in [0.25, 0.3) is 0 Å². The molecule has 0 fully saturated rings. The highest BCUT2D eigenvalue weighted by atomic mass is 19.3. The summed E-state index contributed by atoms with van der Waals surface area (Å²) >= 11 is 0. The van der Waals surface area contributed by atoms with Gasteiger partial charge in [-0.1, -0.05) is 5.92 Å². The predicted molar refractivity (Wildman–Crippen MR) is 46.0 cm³/mol. The molecule has 1 aromatic rings. The lowest BCUT2D eigenvalue weighted by atomic mass is 10.2. The van der Waals surface area contributed by atoms with Crippen LogP contribution in [0, 0.1) is 11.8 Å². The van der Waals surface area contributed by atoms with Crippen LogP contribution in [-0.4, -0.2) is 12.9 Å². The Kier molecular flexibility index (Phi) is 3.62. The van der Waals surface area contributed by atoms with E-state index in [4.69, 9.17) is 0 Å². The summed E-state index contributed by atoms with van der Waals surface area (Å²) in [6, 6.07) is 5.71. The van der Waals surface area contributed by atoms with Crippen molar-refractivity contribution in [2.45, 2.75) is 6.61 Å². The van der Waals surface area contributed by atoms with Crippen molar-refractivity contribution in [3.05, 3.63) is 29.8 Å². The van der Waals surface area contributed by atoms with Crippen LogP contribution in [-0.2, 0) is 4.79 Å². The lowest BCUT2D eigenvalue weighted by Crippen LogP contribution is -2.01. The highest BCUT2D eigenvalue weighted by Crippen LogP contribution is 2.14. The second-order valence-electron chi connectivity index (χ2n) is 2.29. The van der Waals surface area contributed by atoms with Gasteiger partial charge in [-0.25, -0.2) is 0 Å². The topological polar surface area (TPSA) is 26.3 Å². The lowest BCUT2D eigenvalue weighted by molar-refractivity contribution is -0.103. The van der Waals surface area contributed by atoms with Gasteiger partial charge in [0.1, 0.15) is 5.75 Å². The maximum Gasteiger partial charge on any atom is 0.387 e. The van der Waals surface area contributed by atoms with E-state index >= 15 is 0 Å². The third-order valence-electron chi connectivity index (χ3n) is 1.35. The van der Waals surface area contributed by atoms with Crippen molar-refractivity contribution >= 4 is 6.29 Å². The lowest BCUT2D eigenvalue weighted by Gasteiger charge is -2.02. The van der Waals surface area contributed by atoms with Gasteiger partial charge in [0, 0.05) is 5.56 Å². The molecule has 14 heavy (non-hydrogen) atoms. The van der Waals surface area contributed by atoms with Crippen LogP contribution in [0.25, 0.3) is 0 Å². The quantitative estimate of drug-likeness (QED) is 0.533. The Morgan fingerprint density at radius 2 is 1.93 bits per heavy atom. The van der Waals surface area contributed by atoms with Gasteiger partial charge in [0.15, 0.2) is 6.29 Å². The van der Waals surface area contributed by atoms with Crippen LogP contribution in [0.5, 0.6) is 5.75 Å². The van der Waals surface area contributed by atoms with E-state index in [0.29, 0.717) is 11.8 Å². The van der Waals surface area contributed by atoms with Gasteiger partial charge in [-0.05, 0) is 30.2 Å². The minimum Gasteiger partial charge on any atom is -0.435 e. The molecule has 0 aliphatic rings. The van der Waals surface area contributed by atoms with E-state index < -0.39 is 6.61 Å². The average Bonchev–Trinajstić information content (AvgIpc) is 2.16. The molecule has 0 saturated carbocycles. The van der Waals surface area contributed by atoms with Gasteiger partial charge in [0.05, 0.1) is 0 Å². The molecule has 1 rings (SSSR count). The molecule has 72 valence electrons. The molecule has 0 aromatic heterocycles. The molecule has 0 saturated heterocycles. The molecule has 0 unspecified atom stereocenters. The second-order valence-corrected chi connectivity index (χ2v) is 2.29. The summed E-state index contributed by atoms with van der Waals surface area (Å²) in [5.74, 6) is 4.79. The van der Waals surface area contributed by atoms with Gasteiger partial charge in [-0.15, -0.1) is 0 Å². The van der Waals surface area contributed by atoms with Crippen molar-refractivity contribution in [3.63, 3.8) is 0 Å². The first kappa shape index (κ1) is 10.2. The number of carbonyl (C=O) groups excluding carboxylic acids is 1. The molecule has 0 bridgehead atoms. The van der Waals surface area contributed by atoms with Gasteiger partial charge in [0.2, 0.25) is 0 Å². The normalized spacial score (nSPS) is 9.07. The third kappa shape index (κ3) is 3.23. The summed E-state index contributed by atoms with van der Waals surface area (Å²) in [6.45, 7) is -2.83. The number of hydrogen-bond acceptors (Lipinski definition) is 2. The predicted octanol–water partition coefficient (Wildman–Crippen LogP) is 1.84. The van der Waals surface area contributed by atoms with Crippen LogP contribution in [0.1, 0.15) is 5.56 Å². The van der Waals surface area contributed by atoms with Crippen LogP contribution < -0.4 is 4.74 Å². The molecular formula is C10H6F2O2. The average molecular weight is 196 g/mol. The second kappa shape index (κ2) is 4.97. The van der Waals surface area contributed by atoms with Crippen molar-refractivity contribution in [2.75, 3.05) is 0 Å². The van der Waals surface area contributed by atoms with Crippen molar-refractivity contribution in [1.29, 1.82) is 0 Å². The van der Waals surface area contributed by atoms with Crippen LogP contribution in [0.15, 0.2) is 24.3 Å². The minimum atomic E-state index is -2.83. The van der Waals surface area contributed by atoms with E-state index in [1.54, 1.807) is 0 Å². The maximum absolute atomic E-state index is 11.7.